The smallest absolute Gasteiger partial charge is 0.0547 e. The van der Waals surface area contributed by atoms with Crippen LogP contribution in [0.5, 0.6) is 0 Å². The third-order valence-corrected chi connectivity index (χ3v) is 4.28. The summed E-state index contributed by atoms with van der Waals surface area (Å²) in [5, 5.41) is 3.52. The lowest BCUT2D eigenvalue weighted by molar-refractivity contribution is 0.241. The highest BCUT2D eigenvalue weighted by Crippen LogP contribution is 2.35. The van der Waals surface area contributed by atoms with Gasteiger partial charge < -0.3 is 5.32 Å². The van der Waals surface area contributed by atoms with Gasteiger partial charge in [-0.3, -0.25) is 9.88 Å². The monoisotopic (exact) mass is 287 g/mol. The molecule has 0 amide bonds. The number of aromatic nitrogens is 1. The lowest BCUT2D eigenvalue weighted by Gasteiger charge is -2.22. The molecule has 21 heavy (non-hydrogen) atoms. The first kappa shape index (κ1) is 15.0. The number of hydrogen-bond acceptors (Lipinski definition) is 3. The van der Waals surface area contributed by atoms with E-state index in [-0.39, 0.29) is 5.54 Å². The fourth-order valence-corrected chi connectivity index (χ4v) is 2.69. The predicted molar refractivity (Wildman–Crippen MR) is 87.0 cm³/mol. The molecule has 116 valence electrons. The van der Waals surface area contributed by atoms with E-state index in [0.29, 0.717) is 0 Å². The maximum absolute atomic E-state index is 4.85. The van der Waals surface area contributed by atoms with Crippen molar-refractivity contribution < 1.29 is 0 Å². The number of nitrogens with one attached hydrogen (secondary N) is 1. The van der Waals surface area contributed by atoms with Gasteiger partial charge in [-0.25, -0.2) is 0 Å². The molecule has 0 saturated heterocycles. The zero-order chi connectivity index (χ0) is 14.9. The Morgan fingerprint density at radius 2 is 1.86 bits per heavy atom. The molecular weight excluding hydrogens is 258 g/mol. The molecule has 0 atom stereocenters. The van der Waals surface area contributed by atoms with Crippen molar-refractivity contribution in [2.24, 2.45) is 5.92 Å². The second kappa shape index (κ2) is 6.05. The van der Waals surface area contributed by atoms with Gasteiger partial charge in [-0.1, -0.05) is 6.07 Å². The molecule has 0 aromatic carbocycles. The Hall–Kier alpha value is -0.930. The molecule has 0 spiro atoms. The molecule has 1 aromatic heterocycles. The van der Waals surface area contributed by atoms with Crippen LogP contribution in [0.4, 0.5) is 0 Å². The first-order chi connectivity index (χ1) is 9.99. The summed E-state index contributed by atoms with van der Waals surface area (Å²) >= 11 is 0. The van der Waals surface area contributed by atoms with E-state index in [0.717, 1.165) is 30.7 Å². The average Bonchev–Trinajstić information content (AvgIpc) is 3.27. The van der Waals surface area contributed by atoms with Crippen LogP contribution in [0, 0.1) is 5.92 Å². The van der Waals surface area contributed by atoms with Gasteiger partial charge in [0.05, 0.1) is 11.4 Å². The van der Waals surface area contributed by atoms with Crippen molar-refractivity contribution in [2.75, 3.05) is 6.54 Å². The fourth-order valence-electron chi connectivity index (χ4n) is 2.69. The van der Waals surface area contributed by atoms with Gasteiger partial charge in [-0.2, -0.15) is 0 Å². The van der Waals surface area contributed by atoms with Crippen molar-refractivity contribution in [1.82, 2.24) is 15.2 Å². The molecule has 2 aliphatic rings. The van der Waals surface area contributed by atoms with Crippen molar-refractivity contribution >= 4 is 0 Å². The second-order valence-electron chi connectivity index (χ2n) is 7.83. The molecular formula is C18H29N3. The summed E-state index contributed by atoms with van der Waals surface area (Å²) in [7, 11) is 0. The maximum Gasteiger partial charge on any atom is 0.0547 e. The molecule has 2 saturated carbocycles. The quantitative estimate of drug-likeness (QED) is 0.833. The molecule has 3 nitrogen and oxygen atoms in total. The van der Waals surface area contributed by atoms with E-state index in [1.165, 1.54) is 37.9 Å². The zero-order valence-corrected chi connectivity index (χ0v) is 13.7. The largest absolute Gasteiger partial charge is 0.306 e. The highest BCUT2D eigenvalue weighted by atomic mass is 15.2. The van der Waals surface area contributed by atoms with Crippen LogP contribution in [0.2, 0.25) is 0 Å². The lowest BCUT2D eigenvalue weighted by Crippen LogP contribution is -2.35. The Balaban J connectivity index is 1.58. The van der Waals surface area contributed by atoms with Crippen LogP contribution in [0.3, 0.4) is 0 Å². The van der Waals surface area contributed by atoms with Crippen molar-refractivity contribution in [3.8, 4) is 0 Å². The minimum absolute atomic E-state index is 0.143. The van der Waals surface area contributed by atoms with Crippen molar-refractivity contribution in [3.05, 3.63) is 29.6 Å². The average molecular weight is 287 g/mol. The molecule has 3 heteroatoms. The summed E-state index contributed by atoms with van der Waals surface area (Å²) in [5.74, 6) is 0.969. The highest BCUT2D eigenvalue weighted by molar-refractivity contribution is 5.12. The first-order valence-corrected chi connectivity index (χ1v) is 8.43. The maximum atomic E-state index is 4.85. The van der Waals surface area contributed by atoms with Gasteiger partial charge in [0.25, 0.3) is 0 Å². The van der Waals surface area contributed by atoms with Crippen molar-refractivity contribution in [3.63, 3.8) is 0 Å². The van der Waals surface area contributed by atoms with E-state index >= 15 is 0 Å². The zero-order valence-electron chi connectivity index (χ0n) is 13.7. The van der Waals surface area contributed by atoms with Gasteiger partial charge in [0.2, 0.25) is 0 Å². The minimum Gasteiger partial charge on any atom is -0.306 e. The van der Waals surface area contributed by atoms with Crippen LogP contribution >= 0.6 is 0 Å². The standard InChI is InChI=1S/C18H29N3/c1-18(2,3)19-11-15-5-4-6-16(20-15)13-21(17-9-10-17)12-14-7-8-14/h4-6,14,17,19H,7-13H2,1-3H3. The summed E-state index contributed by atoms with van der Waals surface area (Å²) in [4.78, 5) is 7.52. The second-order valence-corrected chi connectivity index (χ2v) is 7.83. The van der Waals surface area contributed by atoms with E-state index < -0.39 is 0 Å². The van der Waals surface area contributed by atoms with Crippen molar-refractivity contribution in [2.45, 2.75) is 71.1 Å². The topological polar surface area (TPSA) is 28.2 Å². The lowest BCUT2D eigenvalue weighted by atomic mass is 10.1. The summed E-state index contributed by atoms with van der Waals surface area (Å²) in [6, 6.07) is 7.31. The minimum atomic E-state index is 0.143. The molecule has 3 rings (SSSR count). The molecule has 1 N–H and O–H groups in total. The Bertz CT molecular complexity index is 470. The summed E-state index contributed by atoms with van der Waals surface area (Å²) in [6.45, 7) is 9.76. The number of hydrogen-bond donors (Lipinski definition) is 1. The molecule has 0 unspecified atom stereocenters. The van der Waals surface area contributed by atoms with E-state index in [1.807, 2.05) is 0 Å². The van der Waals surface area contributed by atoms with Gasteiger partial charge in [-0.05, 0) is 64.5 Å². The summed E-state index contributed by atoms with van der Waals surface area (Å²) in [6.07, 6.45) is 5.65. The van der Waals surface area contributed by atoms with E-state index in [2.05, 4.69) is 49.2 Å². The molecule has 1 aromatic rings. The van der Waals surface area contributed by atoms with E-state index in [1.54, 1.807) is 0 Å². The third-order valence-electron chi connectivity index (χ3n) is 4.28. The van der Waals surface area contributed by atoms with Gasteiger partial charge >= 0.3 is 0 Å². The van der Waals surface area contributed by atoms with Crippen LogP contribution < -0.4 is 5.32 Å². The van der Waals surface area contributed by atoms with Crippen LogP contribution in [0.1, 0.15) is 57.8 Å². The van der Waals surface area contributed by atoms with Crippen LogP contribution in [0.15, 0.2) is 18.2 Å². The summed E-state index contributed by atoms with van der Waals surface area (Å²) < 4.78 is 0. The van der Waals surface area contributed by atoms with Gasteiger partial charge in [0, 0.05) is 31.2 Å². The Morgan fingerprint density at radius 1 is 1.14 bits per heavy atom. The SMILES string of the molecule is CC(C)(C)NCc1cccc(CN(CC2CC2)C2CC2)n1. The van der Waals surface area contributed by atoms with Crippen molar-refractivity contribution in [1.29, 1.82) is 0 Å². The molecule has 0 aliphatic heterocycles. The molecule has 0 radical (unpaired) electrons. The molecule has 1 heterocycles. The Labute approximate surface area is 129 Å². The predicted octanol–water partition coefficient (Wildman–Crippen LogP) is 3.34. The Morgan fingerprint density at radius 3 is 2.48 bits per heavy atom. The number of rotatable bonds is 7. The van der Waals surface area contributed by atoms with Gasteiger partial charge in [0.1, 0.15) is 0 Å². The van der Waals surface area contributed by atoms with E-state index in [9.17, 15) is 0 Å². The first-order valence-electron chi connectivity index (χ1n) is 8.43. The highest BCUT2D eigenvalue weighted by Gasteiger charge is 2.33. The van der Waals surface area contributed by atoms with Crippen LogP contribution in [-0.2, 0) is 13.1 Å². The number of nitrogens with zero attached hydrogens (tertiary/aromatic N) is 2. The number of pyridine rings is 1. The molecule has 0 bridgehead atoms. The fraction of sp³-hybridized carbons (Fsp3) is 0.722. The van der Waals surface area contributed by atoms with Gasteiger partial charge in [-0.15, -0.1) is 0 Å². The Kier molecular flexibility index (Phi) is 4.32. The molecule has 2 fully saturated rings. The summed E-state index contributed by atoms with van der Waals surface area (Å²) in [5.41, 5.74) is 2.53. The molecule has 2 aliphatic carbocycles. The van der Waals surface area contributed by atoms with Crippen LogP contribution in [0.25, 0.3) is 0 Å². The normalized spacial score (nSPS) is 19.2. The van der Waals surface area contributed by atoms with Gasteiger partial charge in [0.15, 0.2) is 0 Å². The van der Waals surface area contributed by atoms with E-state index in [4.69, 9.17) is 4.98 Å². The van der Waals surface area contributed by atoms with Crippen LogP contribution in [-0.4, -0.2) is 28.0 Å². The third kappa shape index (κ3) is 5.08.